The van der Waals surface area contributed by atoms with Crippen molar-refractivity contribution in [3.05, 3.63) is 64.8 Å². The first kappa shape index (κ1) is 15.8. The quantitative estimate of drug-likeness (QED) is 0.597. The van der Waals surface area contributed by atoms with Crippen LogP contribution in [0.1, 0.15) is 17.0 Å². The molecule has 2 aromatic carbocycles. The number of hydrogen-bond acceptors (Lipinski definition) is 3. The molecule has 1 N–H and O–H groups in total. The number of aromatic amines is 1. The highest BCUT2D eigenvalue weighted by atomic mass is 32.1. The number of H-pyrrole nitrogens is 1. The van der Waals surface area contributed by atoms with Gasteiger partial charge in [0, 0.05) is 11.7 Å². The van der Waals surface area contributed by atoms with E-state index in [4.69, 9.17) is 0 Å². The van der Waals surface area contributed by atoms with E-state index in [9.17, 15) is 4.79 Å². The van der Waals surface area contributed by atoms with Crippen LogP contribution in [0, 0.1) is 6.92 Å². The topological polar surface area (TPSA) is 49.0 Å². The summed E-state index contributed by atoms with van der Waals surface area (Å²) in [5, 5.41) is 3.28. The normalized spacial score (nSPS) is 11.3. The number of carbonyl (C=O) groups is 1. The molecule has 0 aliphatic heterocycles. The number of benzene rings is 2. The molecule has 4 nitrogen and oxygen atoms in total. The predicted molar refractivity (Wildman–Crippen MR) is 103 cm³/mol. The van der Waals surface area contributed by atoms with Crippen molar-refractivity contribution in [3.63, 3.8) is 0 Å². The lowest BCUT2D eigenvalue weighted by Gasteiger charge is -2.15. The second-order valence-electron chi connectivity index (χ2n) is 6.39. The molecule has 2 heterocycles. The van der Waals surface area contributed by atoms with Crippen LogP contribution in [0.5, 0.6) is 0 Å². The number of carbonyl (C=O) groups excluding carboxylic acids is 1. The van der Waals surface area contributed by atoms with E-state index in [0.29, 0.717) is 13.0 Å². The molecule has 0 radical (unpaired) electrons. The van der Waals surface area contributed by atoms with Gasteiger partial charge in [-0.15, -0.1) is 11.3 Å². The fourth-order valence-electron chi connectivity index (χ4n) is 3.02. The number of aryl methyl sites for hydroxylation is 1. The molecule has 0 atom stereocenters. The summed E-state index contributed by atoms with van der Waals surface area (Å²) in [5.74, 6) is 0.907. The van der Waals surface area contributed by atoms with E-state index < -0.39 is 0 Å². The molecular weight excluding hydrogens is 330 g/mol. The SMILES string of the molecule is Cc1ccc2scc(CC(=O)N(C)Cc3nc4ccccc4[nH]3)c2c1. The minimum absolute atomic E-state index is 0.0988. The van der Waals surface area contributed by atoms with Gasteiger partial charge < -0.3 is 9.88 Å². The third-order valence-corrected chi connectivity index (χ3v) is 5.41. The van der Waals surface area contributed by atoms with Gasteiger partial charge in [-0.2, -0.15) is 0 Å². The number of aromatic nitrogens is 2. The summed E-state index contributed by atoms with van der Waals surface area (Å²) in [6.45, 7) is 2.56. The number of nitrogens with one attached hydrogen (secondary N) is 1. The second-order valence-corrected chi connectivity index (χ2v) is 7.30. The van der Waals surface area contributed by atoms with Gasteiger partial charge in [-0.25, -0.2) is 4.98 Å². The van der Waals surface area contributed by atoms with Crippen LogP contribution in [0.25, 0.3) is 21.1 Å². The number of fused-ring (bicyclic) bond motifs is 2. The fourth-order valence-corrected chi connectivity index (χ4v) is 3.97. The van der Waals surface area contributed by atoms with Gasteiger partial charge in [0.25, 0.3) is 0 Å². The van der Waals surface area contributed by atoms with Crippen molar-refractivity contribution in [2.45, 2.75) is 19.9 Å². The lowest BCUT2D eigenvalue weighted by Crippen LogP contribution is -2.28. The number of thiophene rings is 1. The molecule has 0 saturated heterocycles. The van der Waals surface area contributed by atoms with E-state index in [-0.39, 0.29) is 5.91 Å². The zero-order chi connectivity index (χ0) is 17.4. The van der Waals surface area contributed by atoms with Gasteiger partial charge in [0.2, 0.25) is 5.91 Å². The highest BCUT2D eigenvalue weighted by molar-refractivity contribution is 7.17. The molecule has 4 aromatic rings. The lowest BCUT2D eigenvalue weighted by molar-refractivity contribution is -0.129. The van der Waals surface area contributed by atoms with E-state index in [0.717, 1.165) is 22.4 Å². The average molecular weight is 349 g/mol. The number of para-hydroxylation sites is 2. The molecule has 2 aromatic heterocycles. The number of amides is 1. The Morgan fingerprint density at radius 1 is 1.24 bits per heavy atom. The number of imidazole rings is 1. The summed E-state index contributed by atoms with van der Waals surface area (Å²) in [4.78, 5) is 22.2. The Labute approximate surface area is 150 Å². The number of rotatable bonds is 4. The molecule has 126 valence electrons. The summed E-state index contributed by atoms with van der Waals surface area (Å²) >= 11 is 1.69. The van der Waals surface area contributed by atoms with Crippen LogP contribution in [0.2, 0.25) is 0 Å². The summed E-state index contributed by atoms with van der Waals surface area (Å²) in [7, 11) is 1.83. The van der Waals surface area contributed by atoms with Crippen molar-refractivity contribution < 1.29 is 4.79 Å². The van der Waals surface area contributed by atoms with E-state index in [1.54, 1.807) is 16.2 Å². The van der Waals surface area contributed by atoms with Crippen LogP contribution in [0.3, 0.4) is 0 Å². The smallest absolute Gasteiger partial charge is 0.227 e. The van der Waals surface area contributed by atoms with Gasteiger partial charge in [0.1, 0.15) is 5.82 Å². The Hall–Kier alpha value is -2.66. The minimum atomic E-state index is 0.0988. The van der Waals surface area contributed by atoms with E-state index in [1.807, 2.05) is 31.3 Å². The van der Waals surface area contributed by atoms with Crippen LogP contribution >= 0.6 is 11.3 Å². The predicted octanol–water partition coefficient (Wildman–Crippen LogP) is 4.29. The number of nitrogens with zero attached hydrogens (tertiary/aromatic N) is 2. The van der Waals surface area contributed by atoms with Gasteiger partial charge >= 0.3 is 0 Å². The summed E-state index contributed by atoms with van der Waals surface area (Å²) in [6, 6.07) is 14.3. The molecule has 1 amide bonds. The monoisotopic (exact) mass is 349 g/mol. The zero-order valence-electron chi connectivity index (χ0n) is 14.2. The molecule has 0 unspecified atom stereocenters. The van der Waals surface area contributed by atoms with Gasteiger partial charge in [-0.05, 0) is 41.5 Å². The van der Waals surface area contributed by atoms with Crippen molar-refractivity contribution in [1.29, 1.82) is 0 Å². The first-order chi connectivity index (χ1) is 12.1. The molecule has 0 spiro atoms. The first-order valence-corrected chi connectivity index (χ1v) is 9.12. The van der Waals surface area contributed by atoms with Crippen LogP contribution in [0.15, 0.2) is 47.8 Å². The molecule has 0 saturated carbocycles. The van der Waals surface area contributed by atoms with Crippen LogP contribution in [0.4, 0.5) is 0 Å². The summed E-state index contributed by atoms with van der Waals surface area (Å²) in [5.41, 5.74) is 4.25. The summed E-state index contributed by atoms with van der Waals surface area (Å²) in [6.07, 6.45) is 0.417. The maximum absolute atomic E-state index is 12.6. The maximum Gasteiger partial charge on any atom is 0.227 e. The van der Waals surface area contributed by atoms with E-state index in [1.165, 1.54) is 15.6 Å². The third-order valence-electron chi connectivity index (χ3n) is 4.40. The highest BCUT2D eigenvalue weighted by Crippen LogP contribution is 2.27. The zero-order valence-corrected chi connectivity index (χ0v) is 15.1. The molecule has 5 heteroatoms. The number of likely N-dealkylation sites (N-methyl/N-ethyl adjacent to an activating group) is 1. The largest absolute Gasteiger partial charge is 0.340 e. The van der Waals surface area contributed by atoms with Crippen LogP contribution in [-0.4, -0.2) is 27.8 Å². The Kier molecular flexibility index (Phi) is 4.01. The van der Waals surface area contributed by atoms with Crippen molar-refractivity contribution in [2.24, 2.45) is 0 Å². The van der Waals surface area contributed by atoms with E-state index >= 15 is 0 Å². The van der Waals surface area contributed by atoms with Crippen molar-refractivity contribution in [1.82, 2.24) is 14.9 Å². The third kappa shape index (κ3) is 3.15. The molecule has 25 heavy (non-hydrogen) atoms. The Balaban J connectivity index is 1.50. The van der Waals surface area contributed by atoms with Gasteiger partial charge in [0.15, 0.2) is 0 Å². The maximum atomic E-state index is 12.6. The molecule has 0 fully saturated rings. The Morgan fingerprint density at radius 3 is 2.92 bits per heavy atom. The average Bonchev–Trinajstić information content (AvgIpc) is 3.18. The van der Waals surface area contributed by atoms with Crippen LogP contribution < -0.4 is 0 Å². The molecular formula is C20H19N3OS. The highest BCUT2D eigenvalue weighted by Gasteiger charge is 2.15. The Bertz CT molecular complexity index is 1030. The van der Waals surface area contributed by atoms with Gasteiger partial charge in [-0.1, -0.05) is 29.8 Å². The first-order valence-electron chi connectivity index (χ1n) is 8.24. The summed E-state index contributed by atoms with van der Waals surface area (Å²) < 4.78 is 1.23. The number of hydrogen-bond donors (Lipinski definition) is 1. The van der Waals surface area contributed by atoms with Gasteiger partial charge in [-0.3, -0.25) is 4.79 Å². The molecule has 0 aliphatic rings. The fraction of sp³-hybridized carbons (Fsp3) is 0.200. The molecule has 0 bridgehead atoms. The lowest BCUT2D eigenvalue weighted by atomic mass is 10.1. The molecule has 4 rings (SSSR count). The Morgan fingerprint density at radius 2 is 2.08 bits per heavy atom. The van der Waals surface area contributed by atoms with Crippen molar-refractivity contribution in [2.75, 3.05) is 7.05 Å². The van der Waals surface area contributed by atoms with Crippen molar-refractivity contribution in [3.8, 4) is 0 Å². The van der Waals surface area contributed by atoms with Crippen molar-refractivity contribution >= 4 is 38.4 Å². The minimum Gasteiger partial charge on any atom is -0.340 e. The second kappa shape index (κ2) is 6.33. The van der Waals surface area contributed by atoms with Gasteiger partial charge in [0.05, 0.1) is 24.0 Å². The van der Waals surface area contributed by atoms with E-state index in [2.05, 4.69) is 40.5 Å². The standard InChI is InChI=1S/C20H19N3OS/c1-13-7-8-18-15(9-13)14(12-25-18)10-20(24)23(2)11-19-21-16-5-3-4-6-17(16)22-19/h3-9,12H,10-11H2,1-2H3,(H,21,22). The van der Waals surface area contributed by atoms with Crippen LogP contribution in [-0.2, 0) is 17.8 Å². The molecule has 0 aliphatic carbocycles.